The van der Waals surface area contributed by atoms with Crippen LogP contribution in [-0.4, -0.2) is 76.4 Å². The minimum Gasteiger partial charge on any atom is -0.461 e. The number of halogens is 3. The predicted molar refractivity (Wildman–Crippen MR) is 182 cm³/mol. The standard InChI is InChI=1S/C37H40F3N7O/c1-4-24-26(39)9-8-21-15-23(41)16-25(29(21)24)33-31(40)34-30-32(43-33)20(3)7-10-28-27(5-2)42-12-14-47(28)35(30)45-36(44-34)48-19-37-11-6-13-46(37)18-22(38)17-37/h1,8-9,15-16,20,22,27-28,42H,5-7,10-14,17-19,41H2,2-3H3/t20-,22-,27+,28+,37+/m1/s1. The number of pyridine rings is 1. The van der Waals surface area contributed by atoms with Crippen LogP contribution in [0.4, 0.5) is 24.7 Å². The highest BCUT2D eigenvalue weighted by Gasteiger charge is 2.49. The van der Waals surface area contributed by atoms with Gasteiger partial charge in [0.1, 0.15) is 35.6 Å². The summed E-state index contributed by atoms with van der Waals surface area (Å²) in [5.41, 5.74) is 7.34. The Labute approximate surface area is 278 Å². The van der Waals surface area contributed by atoms with Gasteiger partial charge in [-0.2, -0.15) is 9.97 Å². The van der Waals surface area contributed by atoms with Crippen LogP contribution in [0.2, 0.25) is 0 Å². The van der Waals surface area contributed by atoms with Crippen molar-refractivity contribution in [2.45, 2.75) is 82.1 Å². The van der Waals surface area contributed by atoms with Gasteiger partial charge in [-0.25, -0.2) is 18.2 Å². The van der Waals surface area contributed by atoms with Crippen LogP contribution < -0.4 is 20.7 Å². The molecule has 8 rings (SSSR count). The van der Waals surface area contributed by atoms with E-state index in [1.165, 1.54) is 6.07 Å². The molecule has 0 aliphatic carbocycles. The summed E-state index contributed by atoms with van der Waals surface area (Å²) in [6.07, 6.45) is 9.72. The van der Waals surface area contributed by atoms with Gasteiger partial charge < -0.3 is 20.7 Å². The fourth-order valence-electron chi connectivity index (χ4n) is 8.89. The van der Waals surface area contributed by atoms with E-state index < -0.39 is 23.3 Å². The lowest BCUT2D eigenvalue weighted by Crippen LogP contribution is -2.58. The second kappa shape index (κ2) is 11.8. The second-order valence-corrected chi connectivity index (χ2v) is 14.0. The highest BCUT2D eigenvalue weighted by Crippen LogP contribution is 2.45. The summed E-state index contributed by atoms with van der Waals surface area (Å²) in [5, 5.41) is 5.17. The molecule has 0 bridgehead atoms. The first-order valence-electron chi connectivity index (χ1n) is 17.1. The third kappa shape index (κ3) is 4.86. The maximum atomic E-state index is 17.3. The Bertz CT molecular complexity index is 1980. The molecule has 0 unspecified atom stereocenters. The van der Waals surface area contributed by atoms with Gasteiger partial charge in [-0.3, -0.25) is 4.90 Å². The Hall–Kier alpha value is -4.14. The number of terminal acetylenes is 1. The first-order valence-corrected chi connectivity index (χ1v) is 17.1. The molecule has 3 N–H and O–H groups in total. The largest absolute Gasteiger partial charge is 0.461 e. The van der Waals surface area contributed by atoms with Gasteiger partial charge in [0.05, 0.1) is 22.2 Å². The number of fused-ring (bicyclic) bond motifs is 4. The van der Waals surface area contributed by atoms with Gasteiger partial charge in [-0.15, -0.1) is 6.42 Å². The lowest BCUT2D eigenvalue weighted by molar-refractivity contribution is 0.107. The molecule has 48 heavy (non-hydrogen) atoms. The topological polar surface area (TPSA) is 92.4 Å². The van der Waals surface area contributed by atoms with Crippen LogP contribution in [0.3, 0.4) is 0 Å². The molecule has 11 heteroatoms. The van der Waals surface area contributed by atoms with E-state index in [1.54, 1.807) is 18.2 Å². The van der Waals surface area contributed by atoms with Crippen molar-refractivity contribution >= 4 is 33.2 Å². The molecule has 250 valence electrons. The van der Waals surface area contributed by atoms with Gasteiger partial charge in [-0.1, -0.05) is 25.8 Å². The van der Waals surface area contributed by atoms with Crippen LogP contribution in [0.15, 0.2) is 24.3 Å². The number of anilines is 2. The fraction of sp³-hybridized carbons (Fsp3) is 0.486. The minimum absolute atomic E-state index is 0.000144. The van der Waals surface area contributed by atoms with Crippen LogP contribution in [0.5, 0.6) is 6.01 Å². The SMILES string of the molecule is C#Cc1c(F)ccc2cc(N)cc(-c3nc4c5c(nc(OC[C@@]67CCCN6C[C@H](F)C7)nc5c3F)N3CCN[C@@H](CC)[C@@H]3CC[C@H]4C)c12. The van der Waals surface area contributed by atoms with Crippen molar-refractivity contribution in [3.05, 3.63) is 47.2 Å². The van der Waals surface area contributed by atoms with E-state index in [0.29, 0.717) is 58.4 Å². The average Bonchev–Trinajstić information content (AvgIpc) is 3.61. The summed E-state index contributed by atoms with van der Waals surface area (Å²) in [7, 11) is 0. The molecular formula is C37H40F3N7O. The van der Waals surface area contributed by atoms with Crippen molar-refractivity contribution in [2.75, 3.05) is 43.4 Å². The summed E-state index contributed by atoms with van der Waals surface area (Å²) in [5.74, 6) is 1.73. The van der Waals surface area contributed by atoms with E-state index in [9.17, 15) is 4.39 Å². The third-order valence-corrected chi connectivity index (χ3v) is 11.2. The molecule has 0 radical (unpaired) electrons. The molecule has 8 nitrogen and oxygen atoms in total. The van der Waals surface area contributed by atoms with E-state index in [2.05, 4.69) is 34.9 Å². The van der Waals surface area contributed by atoms with E-state index in [-0.39, 0.29) is 47.4 Å². The van der Waals surface area contributed by atoms with Crippen molar-refractivity contribution in [3.63, 3.8) is 0 Å². The molecule has 0 amide bonds. The van der Waals surface area contributed by atoms with Crippen LogP contribution in [-0.2, 0) is 0 Å². The van der Waals surface area contributed by atoms with Gasteiger partial charge >= 0.3 is 6.01 Å². The van der Waals surface area contributed by atoms with Crippen molar-refractivity contribution in [1.82, 2.24) is 25.2 Å². The number of nitrogens with one attached hydrogen (secondary N) is 1. The van der Waals surface area contributed by atoms with E-state index in [0.717, 1.165) is 45.2 Å². The number of hydrogen-bond donors (Lipinski definition) is 2. The summed E-state index contributed by atoms with van der Waals surface area (Å²) < 4.78 is 53.4. The molecular weight excluding hydrogens is 615 g/mol. The smallest absolute Gasteiger partial charge is 0.319 e. The number of ether oxygens (including phenoxy) is 1. The number of nitrogen functional groups attached to an aromatic ring is 1. The van der Waals surface area contributed by atoms with E-state index >= 15 is 8.78 Å². The molecule has 5 atom stereocenters. The van der Waals surface area contributed by atoms with Crippen molar-refractivity contribution in [1.29, 1.82) is 0 Å². The maximum Gasteiger partial charge on any atom is 0.319 e. The van der Waals surface area contributed by atoms with Crippen molar-refractivity contribution < 1.29 is 17.9 Å². The lowest BCUT2D eigenvalue weighted by Gasteiger charge is -2.44. The first-order chi connectivity index (χ1) is 23.2. The Morgan fingerprint density at radius 2 is 2.00 bits per heavy atom. The van der Waals surface area contributed by atoms with Crippen molar-refractivity contribution in [3.8, 4) is 29.6 Å². The monoisotopic (exact) mass is 655 g/mol. The Balaban J connectivity index is 1.37. The molecule has 3 fully saturated rings. The molecule has 4 aromatic rings. The average molecular weight is 656 g/mol. The van der Waals surface area contributed by atoms with Crippen LogP contribution >= 0.6 is 0 Å². The second-order valence-electron chi connectivity index (χ2n) is 14.0. The summed E-state index contributed by atoms with van der Waals surface area (Å²) in [6, 6.07) is 6.59. The molecule has 6 heterocycles. The number of hydrogen-bond acceptors (Lipinski definition) is 8. The van der Waals surface area contributed by atoms with E-state index in [1.807, 2.05) is 0 Å². The highest BCUT2D eigenvalue weighted by atomic mass is 19.1. The highest BCUT2D eigenvalue weighted by molar-refractivity contribution is 6.04. The zero-order valence-electron chi connectivity index (χ0n) is 27.3. The summed E-state index contributed by atoms with van der Waals surface area (Å²) in [4.78, 5) is 19.2. The van der Waals surface area contributed by atoms with E-state index in [4.69, 9.17) is 31.8 Å². The van der Waals surface area contributed by atoms with Crippen LogP contribution in [0.1, 0.15) is 69.5 Å². The fourth-order valence-corrected chi connectivity index (χ4v) is 8.89. The van der Waals surface area contributed by atoms with Crippen LogP contribution in [0, 0.1) is 24.0 Å². The quantitative estimate of drug-likeness (QED) is 0.197. The van der Waals surface area contributed by atoms with Gasteiger partial charge in [-0.05, 0) is 68.2 Å². The van der Waals surface area contributed by atoms with Gasteiger partial charge in [0.2, 0.25) is 0 Å². The number of piperazine rings is 1. The molecule has 3 saturated heterocycles. The Morgan fingerprint density at radius 3 is 2.81 bits per heavy atom. The van der Waals surface area contributed by atoms with Gasteiger partial charge in [0.25, 0.3) is 0 Å². The molecule has 0 spiro atoms. The number of benzene rings is 2. The first kappa shape index (κ1) is 31.1. The maximum absolute atomic E-state index is 17.3. The predicted octanol–water partition coefficient (Wildman–Crippen LogP) is 6.10. The molecule has 2 aromatic carbocycles. The summed E-state index contributed by atoms with van der Waals surface area (Å²) in [6.45, 7) is 7.13. The molecule has 4 aliphatic heterocycles. The Morgan fingerprint density at radius 1 is 1.15 bits per heavy atom. The zero-order valence-corrected chi connectivity index (χ0v) is 27.3. The number of aromatic nitrogens is 3. The number of nitrogens with two attached hydrogens (primary N) is 1. The third-order valence-electron chi connectivity index (χ3n) is 11.2. The molecule has 2 aromatic heterocycles. The van der Waals surface area contributed by atoms with Crippen molar-refractivity contribution in [2.24, 2.45) is 0 Å². The number of nitrogens with zero attached hydrogens (tertiary/aromatic N) is 5. The zero-order chi connectivity index (χ0) is 33.3. The lowest BCUT2D eigenvalue weighted by atomic mass is 9.87. The minimum atomic E-state index is -0.909. The van der Waals surface area contributed by atoms with Gasteiger partial charge in [0, 0.05) is 54.8 Å². The number of rotatable bonds is 5. The Kier molecular flexibility index (Phi) is 7.64. The normalized spacial score (nSPS) is 27.0. The number of alkyl halides is 1. The summed E-state index contributed by atoms with van der Waals surface area (Å²) >= 11 is 0. The molecule has 0 saturated carbocycles. The van der Waals surface area contributed by atoms with Crippen LogP contribution in [0.25, 0.3) is 32.9 Å². The van der Waals surface area contributed by atoms with Gasteiger partial charge in [0.15, 0.2) is 5.82 Å². The molecule has 4 aliphatic rings.